The van der Waals surface area contributed by atoms with Crippen molar-refractivity contribution in [3.05, 3.63) is 0 Å². The molecule has 1 saturated heterocycles. The average Bonchev–Trinajstić information content (AvgIpc) is 2.36. The lowest BCUT2D eigenvalue weighted by Gasteiger charge is -2.32. The minimum Gasteiger partial charge on any atom is -0.453 e. The molecule has 1 N–H and O–H groups in total. The van der Waals surface area contributed by atoms with E-state index in [-0.39, 0.29) is 12.2 Å². The van der Waals surface area contributed by atoms with Gasteiger partial charge >= 0.3 is 12.2 Å². The maximum atomic E-state index is 11.5. The van der Waals surface area contributed by atoms with E-state index in [9.17, 15) is 9.59 Å². The van der Waals surface area contributed by atoms with E-state index in [1.165, 1.54) is 7.11 Å². The first kappa shape index (κ1) is 16.6. The molecule has 116 valence electrons. The lowest BCUT2D eigenvalue weighted by atomic mass is 10.2. The summed E-state index contributed by atoms with van der Waals surface area (Å²) in [5.74, 6) is 0. The van der Waals surface area contributed by atoms with E-state index >= 15 is 0 Å². The number of hydrogen-bond acceptors (Lipinski definition) is 5. The summed E-state index contributed by atoms with van der Waals surface area (Å²) in [5, 5.41) is 2.67. The van der Waals surface area contributed by atoms with Crippen LogP contribution >= 0.6 is 0 Å². The Kier molecular flexibility index (Phi) is 6.06. The third-order valence-electron chi connectivity index (χ3n) is 2.71. The quantitative estimate of drug-likeness (QED) is 0.848. The van der Waals surface area contributed by atoms with Gasteiger partial charge in [0.2, 0.25) is 0 Å². The third-order valence-corrected chi connectivity index (χ3v) is 2.71. The summed E-state index contributed by atoms with van der Waals surface area (Å²) in [5.41, 5.74) is -0.507. The number of rotatable bonds is 3. The molecule has 1 rings (SSSR count). The van der Waals surface area contributed by atoms with Gasteiger partial charge in [-0.3, -0.25) is 0 Å². The second-order valence-corrected chi connectivity index (χ2v) is 5.63. The number of amides is 2. The van der Waals surface area contributed by atoms with Crippen LogP contribution in [0.4, 0.5) is 9.59 Å². The fourth-order valence-corrected chi connectivity index (χ4v) is 1.84. The van der Waals surface area contributed by atoms with Gasteiger partial charge in [-0.15, -0.1) is 0 Å². The Balaban J connectivity index is 2.25. The number of alkyl carbamates (subject to hydrolysis) is 1. The second-order valence-electron chi connectivity index (χ2n) is 5.63. The van der Waals surface area contributed by atoms with E-state index in [2.05, 4.69) is 10.1 Å². The first-order chi connectivity index (χ1) is 9.31. The van der Waals surface area contributed by atoms with Crippen molar-refractivity contribution in [2.45, 2.75) is 38.9 Å². The highest BCUT2D eigenvalue weighted by molar-refractivity contribution is 5.68. The van der Waals surface area contributed by atoms with Crippen molar-refractivity contribution < 1.29 is 23.8 Å². The summed E-state index contributed by atoms with van der Waals surface area (Å²) in [6.07, 6.45) is -0.276. The molecule has 0 saturated carbocycles. The number of hydrogen-bond donors (Lipinski definition) is 1. The number of carbonyl (C=O) groups excluding carboxylic acids is 2. The van der Waals surface area contributed by atoms with Gasteiger partial charge in [-0.05, 0) is 27.2 Å². The maximum absolute atomic E-state index is 11.5. The summed E-state index contributed by atoms with van der Waals surface area (Å²) in [6.45, 7) is 7.35. The fraction of sp³-hybridized carbons (Fsp3) is 0.846. The van der Waals surface area contributed by atoms with Crippen LogP contribution in [-0.2, 0) is 14.2 Å². The van der Waals surface area contributed by atoms with Crippen molar-refractivity contribution in [3.63, 3.8) is 0 Å². The third kappa shape index (κ3) is 6.10. The molecule has 1 aliphatic rings. The minimum absolute atomic E-state index is 0.0993. The predicted molar refractivity (Wildman–Crippen MR) is 72.6 cm³/mol. The van der Waals surface area contributed by atoms with Gasteiger partial charge in [-0.25, -0.2) is 9.59 Å². The molecule has 1 fully saturated rings. The molecular weight excluding hydrogens is 264 g/mol. The number of methoxy groups -OCH3 is 1. The van der Waals surface area contributed by atoms with Crippen LogP contribution in [0, 0.1) is 0 Å². The van der Waals surface area contributed by atoms with Gasteiger partial charge in [0.1, 0.15) is 5.60 Å². The molecule has 0 aromatic carbocycles. The molecule has 7 heteroatoms. The van der Waals surface area contributed by atoms with Crippen LogP contribution in [-0.4, -0.2) is 62.1 Å². The molecule has 0 radical (unpaired) electrons. The molecule has 1 heterocycles. The summed E-state index contributed by atoms with van der Waals surface area (Å²) in [4.78, 5) is 24.5. The molecule has 1 aliphatic heterocycles. The summed E-state index contributed by atoms with van der Waals surface area (Å²) in [6, 6.07) is 0. The minimum atomic E-state index is -0.507. The van der Waals surface area contributed by atoms with Crippen LogP contribution in [0.5, 0.6) is 0 Å². The smallest absolute Gasteiger partial charge is 0.409 e. The molecule has 0 bridgehead atoms. The normalized spacial score (nSPS) is 19.4. The van der Waals surface area contributed by atoms with Crippen LogP contribution in [0.3, 0.4) is 0 Å². The van der Waals surface area contributed by atoms with Crippen LogP contribution in [0.25, 0.3) is 0 Å². The van der Waals surface area contributed by atoms with Crippen molar-refractivity contribution >= 4 is 12.2 Å². The van der Waals surface area contributed by atoms with Crippen LogP contribution < -0.4 is 5.32 Å². The molecular formula is C13H24N2O5. The Morgan fingerprint density at radius 2 is 2.10 bits per heavy atom. The van der Waals surface area contributed by atoms with Gasteiger partial charge in [0.25, 0.3) is 0 Å². The van der Waals surface area contributed by atoms with Gasteiger partial charge in [0.05, 0.1) is 26.4 Å². The zero-order valence-electron chi connectivity index (χ0n) is 12.6. The highest BCUT2D eigenvalue weighted by atomic mass is 16.6. The lowest BCUT2D eigenvalue weighted by Crippen LogP contribution is -2.46. The van der Waals surface area contributed by atoms with Gasteiger partial charge in [-0.2, -0.15) is 0 Å². The highest BCUT2D eigenvalue weighted by Gasteiger charge is 2.24. The largest absolute Gasteiger partial charge is 0.453 e. The van der Waals surface area contributed by atoms with Gasteiger partial charge in [0, 0.05) is 13.1 Å². The predicted octanol–water partition coefficient (Wildman–Crippen LogP) is 1.37. The van der Waals surface area contributed by atoms with Crippen LogP contribution in [0.1, 0.15) is 27.2 Å². The van der Waals surface area contributed by atoms with Gasteiger partial charge in [-0.1, -0.05) is 0 Å². The van der Waals surface area contributed by atoms with E-state index in [1.54, 1.807) is 4.90 Å². The molecule has 0 aliphatic carbocycles. The maximum Gasteiger partial charge on any atom is 0.409 e. The first-order valence-corrected chi connectivity index (χ1v) is 6.73. The average molecular weight is 288 g/mol. The fourth-order valence-electron chi connectivity index (χ4n) is 1.84. The Labute approximate surface area is 119 Å². The molecule has 7 nitrogen and oxygen atoms in total. The zero-order chi connectivity index (χ0) is 15.2. The van der Waals surface area contributed by atoms with Crippen LogP contribution in [0.15, 0.2) is 0 Å². The van der Waals surface area contributed by atoms with E-state index in [1.807, 2.05) is 20.8 Å². The second kappa shape index (κ2) is 7.33. The number of carbonyl (C=O) groups is 2. The molecule has 1 atom stereocenters. The van der Waals surface area contributed by atoms with Gasteiger partial charge < -0.3 is 24.4 Å². The molecule has 0 aromatic heterocycles. The van der Waals surface area contributed by atoms with Crippen molar-refractivity contribution in [1.82, 2.24) is 10.2 Å². The molecule has 0 spiro atoms. The number of morpholine rings is 1. The number of nitrogens with one attached hydrogen (secondary N) is 1. The Morgan fingerprint density at radius 3 is 2.70 bits per heavy atom. The van der Waals surface area contributed by atoms with E-state index < -0.39 is 11.7 Å². The Morgan fingerprint density at radius 1 is 1.40 bits per heavy atom. The molecule has 0 aromatic rings. The Bertz CT molecular complexity index is 340. The number of nitrogens with zero attached hydrogens (tertiary/aromatic N) is 1. The van der Waals surface area contributed by atoms with Crippen molar-refractivity contribution in [3.8, 4) is 0 Å². The Hall–Kier alpha value is -1.50. The summed E-state index contributed by atoms with van der Waals surface area (Å²) in [7, 11) is 1.36. The number of ether oxygens (including phenoxy) is 3. The molecule has 20 heavy (non-hydrogen) atoms. The summed E-state index contributed by atoms with van der Waals surface area (Å²) < 4.78 is 15.3. The first-order valence-electron chi connectivity index (χ1n) is 6.73. The van der Waals surface area contributed by atoms with E-state index in [0.717, 1.165) is 0 Å². The van der Waals surface area contributed by atoms with E-state index in [0.29, 0.717) is 32.7 Å². The topological polar surface area (TPSA) is 77.1 Å². The van der Waals surface area contributed by atoms with Crippen molar-refractivity contribution in [1.29, 1.82) is 0 Å². The molecule has 1 unspecified atom stereocenters. The lowest BCUT2D eigenvalue weighted by molar-refractivity contribution is -0.0277. The zero-order valence-corrected chi connectivity index (χ0v) is 12.6. The highest BCUT2D eigenvalue weighted by Crippen LogP contribution is 2.10. The monoisotopic (exact) mass is 288 g/mol. The summed E-state index contributed by atoms with van der Waals surface area (Å²) >= 11 is 0. The SMILES string of the molecule is COC(=O)N1CCOC(CCNC(=O)OC(C)(C)C)C1. The standard InChI is InChI=1S/C13H24N2O5/c1-13(2,3)20-11(16)14-6-5-10-9-15(7-8-19-10)12(17)18-4/h10H,5-9H2,1-4H3,(H,14,16). The van der Waals surface area contributed by atoms with Crippen molar-refractivity contribution in [2.75, 3.05) is 33.4 Å². The van der Waals surface area contributed by atoms with Crippen LogP contribution in [0.2, 0.25) is 0 Å². The van der Waals surface area contributed by atoms with E-state index in [4.69, 9.17) is 9.47 Å². The van der Waals surface area contributed by atoms with Crippen molar-refractivity contribution in [2.24, 2.45) is 0 Å². The van der Waals surface area contributed by atoms with Gasteiger partial charge in [0.15, 0.2) is 0 Å². The molecule has 2 amide bonds.